The molecule has 8 nitrogen and oxygen atoms in total. The first-order valence-corrected chi connectivity index (χ1v) is 12.4. The zero-order chi connectivity index (χ0) is 22.6. The number of benzene rings is 1. The van der Waals surface area contributed by atoms with Crippen molar-refractivity contribution in [2.75, 3.05) is 45.9 Å². The number of hydrogen-bond donors (Lipinski definition) is 1. The molecule has 1 N–H and O–H groups in total. The number of amides is 2. The summed E-state index contributed by atoms with van der Waals surface area (Å²) in [5.74, 6) is 0.0254. The summed E-state index contributed by atoms with van der Waals surface area (Å²) in [4.78, 5) is 29.0. The van der Waals surface area contributed by atoms with Crippen LogP contribution in [0.2, 0.25) is 0 Å². The van der Waals surface area contributed by atoms with Gasteiger partial charge in [-0.2, -0.15) is 0 Å². The zero-order valence-electron chi connectivity index (χ0n) is 18.6. The van der Waals surface area contributed by atoms with E-state index in [1.807, 2.05) is 24.0 Å². The van der Waals surface area contributed by atoms with E-state index in [9.17, 15) is 18.0 Å². The maximum Gasteiger partial charge on any atom is 0.241 e. The van der Waals surface area contributed by atoms with Crippen molar-refractivity contribution in [3.8, 4) is 0 Å². The van der Waals surface area contributed by atoms with Gasteiger partial charge in [-0.3, -0.25) is 9.59 Å². The molecular formula is C22H33N3O5S. The Morgan fingerprint density at radius 3 is 2.16 bits per heavy atom. The van der Waals surface area contributed by atoms with E-state index in [0.717, 1.165) is 5.56 Å². The van der Waals surface area contributed by atoms with Crippen LogP contribution < -0.4 is 4.72 Å². The van der Waals surface area contributed by atoms with Gasteiger partial charge in [-0.15, -0.1) is 0 Å². The normalized spacial score (nSPS) is 18.3. The third-order valence-corrected chi connectivity index (χ3v) is 7.79. The molecule has 2 amide bonds. The molecule has 0 unspecified atom stereocenters. The largest absolute Gasteiger partial charge is 0.378 e. The van der Waals surface area contributed by atoms with Crippen LogP contribution in [0.15, 0.2) is 17.0 Å². The van der Waals surface area contributed by atoms with Crippen LogP contribution in [0.5, 0.6) is 0 Å². The Labute approximate surface area is 185 Å². The maximum absolute atomic E-state index is 12.7. The molecule has 2 fully saturated rings. The van der Waals surface area contributed by atoms with Crippen molar-refractivity contribution in [1.29, 1.82) is 0 Å². The summed E-state index contributed by atoms with van der Waals surface area (Å²) in [5, 5.41) is 0. The highest BCUT2D eigenvalue weighted by Crippen LogP contribution is 2.22. The summed E-state index contributed by atoms with van der Waals surface area (Å²) in [6.07, 6.45) is 1.40. The second-order valence-corrected chi connectivity index (χ2v) is 10.2. The monoisotopic (exact) mass is 451 g/mol. The van der Waals surface area contributed by atoms with Crippen LogP contribution in [0.3, 0.4) is 0 Å². The van der Waals surface area contributed by atoms with Gasteiger partial charge in [-0.25, -0.2) is 13.1 Å². The summed E-state index contributed by atoms with van der Waals surface area (Å²) in [5.41, 5.74) is 2.41. The fraction of sp³-hybridized carbons (Fsp3) is 0.636. The fourth-order valence-corrected chi connectivity index (χ4v) is 6.01. The van der Waals surface area contributed by atoms with Gasteiger partial charge in [0.1, 0.15) is 0 Å². The minimum Gasteiger partial charge on any atom is -0.378 e. The Morgan fingerprint density at radius 2 is 1.58 bits per heavy atom. The number of sulfonamides is 1. The molecule has 31 heavy (non-hydrogen) atoms. The van der Waals surface area contributed by atoms with Gasteiger partial charge < -0.3 is 14.5 Å². The average molecular weight is 452 g/mol. The number of ether oxygens (including phenoxy) is 1. The number of nitrogens with one attached hydrogen (secondary N) is 1. The number of likely N-dealkylation sites (tertiary alicyclic amines) is 1. The number of morpholine rings is 1. The minimum absolute atomic E-state index is 0.0480. The van der Waals surface area contributed by atoms with E-state index in [4.69, 9.17) is 4.74 Å². The second-order valence-electron chi connectivity index (χ2n) is 8.47. The van der Waals surface area contributed by atoms with E-state index >= 15 is 0 Å². The van der Waals surface area contributed by atoms with E-state index in [0.29, 0.717) is 63.4 Å². The third kappa shape index (κ3) is 5.84. The summed E-state index contributed by atoms with van der Waals surface area (Å²) in [7, 11) is -3.68. The van der Waals surface area contributed by atoms with Gasteiger partial charge >= 0.3 is 0 Å². The van der Waals surface area contributed by atoms with Crippen LogP contribution in [-0.2, 0) is 24.3 Å². The lowest BCUT2D eigenvalue weighted by atomic mass is 9.95. The van der Waals surface area contributed by atoms with Crippen LogP contribution in [-0.4, -0.2) is 76.0 Å². The molecule has 2 saturated heterocycles. The van der Waals surface area contributed by atoms with E-state index in [2.05, 4.69) is 4.72 Å². The first-order chi connectivity index (χ1) is 14.7. The highest BCUT2D eigenvalue weighted by atomic mass is 32.2. The zero-order valence-corrected chi connectivity index (χ0v) is 19.5. The average Bonchev–Trinajstić information content (AvgIpc) is 2.72. The lowest BCUT2D eigenvalue weighted by molar-refractivity contribution is -0.143. The lowest BCUT2D eigenvalue weighted by Gasteiger charge is -2.35. The highest BCUT2D eigenvalue weighted by molar-refractivity contribution is 7.89. The molecule has 2 heterocycles. The van der Waals surface area contributed by atoms with Gasteiger partial charge in [0, 0.05) is 45.1 Å². The van der Waals surface area contributed by atoms with Gasteiger partial charge in [0.15, 0.2) is 0 Å². The van der Waals surface area contributed by atoms with Crippen LogP contribution >= 0.6 is 0 Å². The summed E-state index contributed by atoms with van der Waals surface area (Å²) < 4.78 is 33.3. The molecule has 3 rings (SSSR count). The number of nitrogens with zero attached hydrogens (tertiary/aromatic N) is 2. The van der Waals surface area contributed by atoms with Crippen molar-refractivity contribution in [1.82, 2.24) is 14.5 Å². The highest BCUT2D eigenvalue weighted by Gasteiger charge is 2.31. The predicted molar refractivity (Wildman–Crippen MR) is 117 cm³/mol. The Hall–Kier alpha value is -1.97. The fourth-order valence-electron chi connectivity index (χ4n) is 4.53. The molecule has 172 valence electrons. The van der Waals surface area contributed by atoms with Crippen molar-refractivity contribution in [2.45, 2.75) is 44.9 Å². The smallest absolute Gasteiger partial charge is 0.241 e. The number of aryl methyl sites for hydroxylation is 3. The number of rotatable bonds is 6. The van der Waals surface area contributed by atoms with Crippen LogP contribution in [0.1, 0.15) is 36.0 Å². The molecular weight excluding hydrogens is 418 g/mol. The van der Waals surface area contributed by atoms with Gasteiger partial charge in [0.25, 0.3) is 0 Å². The molecule has 2 aliphatic heterocycles. The summed E-state index contributed by atoms with van der Waals surface area (Å²) in [6, 6.07) is 3.68. The Kier molecular flexibility index (Phi) is 7.72. The van der Waals surface area contributed by atoms with Crippen molar-refractivity contribution in [2.24, 2.45) is 5.92 Å². The SMILES string of the molecule is Cc1cc(C)c(S(=O)(=O)NCCC(=O)N2CCC(C(=O)N3CCOCC3)CC2)c(C)c1. The predicted octanol–water partition coefficient (Wildman–Crippen LogP) is 1.38. The third-order valence-electron chi connectivity index (χ3n) is 6.02. The number of carbonyl (C=O) groups is 2. The van der Waals surface area contributed by atoms with Gasteiger partial charge in [0.2, 0.25) is 21.8 Å². The van der Waals surface area contributed by atoms with Gasteiger partial charge in [-0.05, 0) is 44.7 Å². The van der Waals surface area contributed by atoms with Crippen LogP contribution in [0.25, 0.3) is 0 Å². The van der Waals surface area contributed by atoms with E-state index in [1.165, 1.54) is 0 Å². The first kappa shape index (κ1) is 23.7. The number of carbonyl (C=O) groups excluding carboxylic acids is 2. The lowest BCUT2D eigenvalue weighted by Crippen LogP contribution is -2.47. The van der Waals surface area contributed by atoms with Crippen LogP contribution in [0.4, 0.5) is 0 Å². The molecule has 0 radical (unpaired) electrons. The molecule has 0 saturated carbocycles. The molecule has 0 bridgehead atoms. The Morgan fingerprint density at radius 1 is 1.00 bits per heavy atom. The van der Waals surface area contributed by atoms with Crippen molar-refractivity contribution in [3.63, 3.8) is 0 Å². The molecule has 9 heteroatoms. The van der Waals surface area contributed by atoms with Crippen molar-refractivity contribution in [3.05, 3.63) is 28.8 Å². The molecule has 1 aromatic carbocycles. The Bertz CT molecular complexity index is 894. The molecule has 0 aromatic heterocycles. The van der Waals surface area contributed by atoms with E-state index in [-0.39, 0.29) is 35.6 Å². The first-order valence-electron chi connectivity index (χ1n) is 10.9. The van der Waals surface area contributed by atoms with Crippen molar-refractivity contribution < 1.29 is 22.7 Å². The van der Waals surface area contributed by atoms with E-state index < -0.39 is 10.0 Å². The number of hydrogen-bond acceptors (Lipinski definition) is 5. The second kappa shape index (κ2) is 10.1. The molecule has 1 aromatic rings. The van der Waals surface area contributed by atoms with Crippen LogP contribution in [0, 0.1) is 26.7 Å². The topological polar surface area (TPSA) is 96.0 Å². The minimum atomic E-state index is -3.68. The van der Waals surface area contributed by atoms with Crippen molar-refractivity contribution >= 4 is 21.8 Å². The van der Waals surface area contributed by atoms with Gasteiger partial charge in [0.05, 0.1) is 18.1 Å². The molecule has 2 aliphatic rings. The number of piperidine rings is 1. The molecule has 0 aliphatic carbocycles. The van der Waals surface area contributed by atoms with Gasteiger partial charge in [-0.1, -0.05) is 17.7 Å². The Balaban J connectivity index is 1.47. The maximum atomic E-state index is 12.7. The summed E-state index contributed by atoms with van der Waals surface area (Å²) in [6.45, 7) is 9.05. The molecule has 0 spiro atoms. The van der Waals surface area contributed by atoms with E-state index in [1.54, 1.807) is 18.7 Å². The summed E-state index contributed by atoms with van der Waals surface area (Å²) >= 11 is 0. The molecule has 0 atom stereocenters. The standard InChI is InChI=1S/C22H33N3O5S/c1-16-14-17(2)21(18(3)15-16)31(28,29)23-7-4-20(26)24-8-5-19(6-9-24)22(27)25-10-12-30-13-11-25/h14-15,19,23H,4-13H2,1-3H3. The quantitative estimate of drug-likeness (QED) is 0.705.